The van der Waals surface area contributed by atoms with Crippen molar-refractivity contribution in [3.63, 3.8) is 0 Å². The van der Waals surface area contributed by atoms with Gasteiger partial charge in [0.25, 0.3) is 0 Å². The van der Waals surface area contributed by atoms with Crippen LogP contribution < -0.4 is 0 Å². The summed E-state index contributed by atoms with van der Waals surface area (Å²) in [5, 5.41) is 0. The van der Waals surface area contributed by atoms with Crippen LogP contribution in [-0.4, -0.2) is 51.4 Å². The zero-order valence-corrected chi connectivity index (χ0v) is 35.2. The maximum absolute atomic E-state index is 5.45. The van der Waals surface area contributed by atoms with Gasteiger partial charge in [-0.25, -0.2) is 0 Å². The third kappa shape index (κ3) is 10.1. The molecule has 0 saturated carbocycles. The molecule has 0 aliphatic heterocycles. The van der Waals surface area contributed by atoms with Crippen LogP contribution in [-0.2, 0) is 32.5 Å². The molecular formula is C48H67KS. The Hall–Kier alpha value is -1.13. The SMILES string of the molecule is CC(C)(C)c1cc(-c2cc(-c3cc(C(C)(C)C)cc(C(C)(C)C)c3)c(S)c(-c3cc(C(C)(C)C)cc(C(C)(C)C)c3)c2)cc(C(C)(C)C)c1.[KH]. The number of benzene rings is 4. The normalized spacial score (nSPS) is 13.3. The number of hydrogen-bond donors (Lipinski definition) is 1. The summed E-state index contributed by atoms with van der Waals surface area (Å²) in [6, 6.07) is 26.6. The van der Waals surface area contributed by atoms with E-state index in [1.54, 1.807) is 0 Å². The molecular weight excluding hydrogens is 648 g/mol. The van der Waals surface area contributed by atoms with Crippen molar-refractivity contribution in [2.24, 2.45) is 0 Å². The minimum atomic E-state index is 0. The van der Waals surface area contributed by atoms with Gasteiger partial charge >= 0.3 is 51.4 Å². The molecule has 0 radical (unpaired) electrons. The summed E-state index contributed by atoms with van der Waals surface area (Å²) in [7, 11) is 0. The van der Waals surface area contributed by atoms with E-state index in [1.165, 1.54) is 66.8 Å². The van der Waals surface area contributed by atoms with E-state index in [9.17, 15) is 0 Å². The average Bonchev–Trinajstić information content (AvgIpc) is 2.94. The fraction of sp³-hybridized carbons (Fsp3) is 0.500. The van der Waals surface area contributed by atoms with Crippen LogP contribution in [0, 0.1) is 0 Å². The summed E-state index contributed by atoms with van der Waals surface area (Å²) in [5.41, 5.74) is 15.6. The van der Waals surface area contributed by atoms with Crippen LogP contribution in [0.1, 0.15) is 158 Å². The second kappa shape index (κ2) is 14.6. The molecule has 50 heavy (non-hydrogen) atoms. The second-order valence-electron chi connectivity index (χ2n) is 20.8. The molecule has 0 N–H and O–H groups in total. The predicted molar refractivity (Wildman–Crippen MR) is 229 cm³/mol. The van der Waals surface area contributed by atoms with Gasteiger partial charge in [0, 0.05) is 4.90 Å². The van der Waals surface area contributed by atoms with Crippen LogP contribution >= 0.6 is 12.6 Å². The summed E-state index contributed by atoms with van der Waals surface area (Å²) in [6.45, 7) is 41.8. The molecule has 0 unspecified atom stereocenters. The summed E-state index contributed by atoms with van der Waals surface area (Å²) < 4.78 is 0. The Morgan fingerprint density at radius 3 is 0.660 bits per heavy atom. The van der Waals surface area contributed by atoms with E-state index in [0.717, 1.165) is 4.90 Å². The standard InChI is InChI=1S/C48H66S.K.H/c1-43(2,3)34-19-30(20-35(27-34)44(4,5)6)31-25-40(32-21-36(45(7,8)9)28-37(22-32)46(10,11)12)42(49)41(26-31)33-23-38(47(13,14)15)29-39(24-33)48(16,17)18;;/h19-29,49H,1-18H3;;. The van der Waals surface area contributed by atoms with Crippen molar-refractivity contribution in [1.82, 2.24) is 0 Å². The Morgan fingerprint density at radius 2 is 0.460 bits per heavy atom. The molecule has 4 aromatic carbocycles. The van der Waals surface area contributed by atoms with Crippen molar-refractivity contribution in [2.75, 3.05) is 0 Å². The van der Waals surface area contributed by atoms with Crippen LogP contribution in [0.3, 0.4) is 0 Å². The monoisotopic (exact) mass is 714 g/mol. The van der Waals surface area contributed by atoms with Gasteiger partial charge < -0.3 is 0 Å². The van der Waals surface area contributed by atoms with Crippen molar-refractivity contribution in [3.05, 3.63) is 100 Å². The molecule has 0 saturated heterocycles. The molecule has 0 heterocycles. The third-order valence-corrected chi connectivity index (χ3v) is 10.5. The number of thiol groups is 1. The quantitative estimate of drug-likeness (QED) is 0.158. The molecule has 0 atom stereocenters. The van der Waals surface area contributed by atoms with E-state index in [2.05, 4.69) is 191 Å². The average molecular weight is 715 g/mol. The molecule has 0 spiro atoms. The third-order valence-electron chi connectivity index (χ3n) is 10.1. The molecule has 4 aromatic rings. The Kier molecular flexibility index (Phi) is 12.6. The second-order valence-corrected chi connectivity index (χ2v) is 21.3. The molecule has 0 aliphatic rings. The maximum atomic E-state index is 5.45. The Bertz CT molecular complexity index is 1650. The molecule has 0 aliphatic carbocycles. The van der Waals surface area contributed by atoms with Crippen molar-refractivity contribution in [3.8, 4) is 33.4 Å². The van der Waals surface area contributed by atoms with Gasteiger partial charge in [0.15, 0.2) is 0 Å². The minimum absolute atomic E-state index is 0. The van der Waals surface area contributed by atoms with E-state index in [0.29, 0.717) is 0 Å². The van der Waals surface area contributed by atoms with Crippen molar-refractivity contribution in [1.29, 1.82) is 0 Å². The first-order valence-corrected chi connectivity index (χ1v) is 18.8. The van der Waals surface area contributed by atoms with Crippen LogP contribution in [0.5, 0.6) is 0 Å². The fourth-order valence-corrected chi connectivity index (χ4v) is 6.59. The van der Waals surface area contributed by atoms with Crippen LogP contribution in [0.4, 0.5) is 0 Å². The zero-order chi connectivity index (χ0) is 37.3. The van der Waals surface area contributed by atoms with Gasteiger partial charge in [-0.2, -0.15) is 0 Å². The molecule has 0 amide bonds. The molecule has 266 valence electrons. The summed E-state index contributed by atoms with van der Waals surface area (Å²) in [4.78, 5) is 1.03. The number of rotatable bonds is 3. The molecule has 0 bridgehead atoms. The van der Waals surface area contributed by atoms with Crippen molar-refractivity contribution < 1.29 is 0 Å². The molecule has 2 heteroatoms. The van der Waals surface area contributed by atoms with E-state index >= 15 is 0 Å². The molecule has 0 fully saturated rings. The van der Waals surface area contributed by atoms with Gasteiger partial charge in [-0.05, 0) is 111 Å². The first-order chi connectivity index (χ1) is 22.0. The van der Waals surface area contributed by atoms with Gasteiger partial charge in [0.2, 0.25) is 0 Å². The van der Waals surface area contributed by atoms with Gasteiger partial charge in [0.1, 0.15) is 0 Å². The Labute approximate surface area is 355 Å². The molecule has 0 nitrogen and oxygen atoms in total. The summed E-state index contributed by atoms with van der Waals surface area (Å²) in [6.07, 6.45) is 0. The Morgan fingerprint density at radius 1 is 0.280 bits per heavy atom. The van der Waals surface area contributed by atoms with Gasteiger partial charge in [-0.3, -0.25) is 0 Å². The first-order valence-electron chi connectivity index (χ1n) is 18.3. The Balaban J connectivity index is 0.00000676. The van der Waals surface area contributed by atoms with E-state index < -0.39 is 0 Å². The van der Waals surface area contributed by atoms with E-state index in [4.69, 9.17) is 12.6 Å². The zero-order valence-electron chi connectivity index (χ0n) is 34.3. The van der Waals surface area contributed by atoms with Crippen LogP contribution in [0.2, 0.25) is 0 Å². The summed E-state index contributed by atoms with van der Waals surface area (Å²) >= 11 is 5.45. The predicted octanol–water partition coefficient (Wildman–Crippen LogP) is 14.1. The van der Waals surface area contributed by atoms with Crippen LogP contribution in [0.15, 0.2) is 71.6 Å². The van der Waals surface area contributed by atoms with Gasteiger partial charge in [-0.15, -0.1) is 12.6 Å². The van der Waals surface area contributed by atoms with Gasteiger partial charge in [-0.1, -0.05) is 179 Å². The summed E-state index contributed by atoms with van der Waals surface area (Å²) in [5.74, 6) is 0. The first kappa shape index (κ1) is 43.3. The molecule has 4 rings (SSSR count). The van der Waals surface area contributed by atoms with Crippen LogP contribution in [0.25, 0.3) is 33.4 Å². The van der Waals surface area contributed by atoms with E-state index in [1.807, 2.05) is 0 Å². The molecule has 0 aromatic heterocycles. The number of hydrogen-bond acceptors (Lipinski definition) is 1. The van der Waals surface area contributed by atoms with E-state index in [-0.39, 0.29) is 83.9 Å². The van der Waals surface area contributed by atoms with Gasteiger partial charge in [0.05, 0.1) is 0 Å². The van der Waals surface area contributed by atoms with Crippen molar-refractivity contribution in [2.45, 2.75) is 162 Å². The topological polar surface area (TPSA) is 0 Å². The van der Waals surface area contributed by atoms with Crippen molar-refractivity contribution >= 4 is 64.0 Å². The fourth-order valence-electron chi connectivity index (χ4n) is 6.20.